The molecule has 1 amide bonds. The Balaban J connectivity index is 2.50. The lowest BCUT2D eigenvalue weighted by Crippen LogP contribution is -2.41. The minimum Gasteiger partial charge on any atom is -0.329 e. The zero-order chi connectivity index (χ0) is 14.4. The average molecular weight is 342 g/mol. The van der Waals surface area contributed by atoms with Gasteiger partial charge in [0.2, 0.25) is 0 Å². The summed E-state index contributed by atoms with van der Waals surface area (Å²) in [6.07, 6.45) is 0. The summed E-state index contributed by atoms with van der Waals surface area (Å²) in [6.45, 7) is 8.17. The van der Waals surface area contributed by atoms with Gasteiger partial charge in [-0.05, 0) is 38.5 Å². The van der Waals surface area contributed by atoms with Crippen molar-refractivity contribution in [3.05, 3.63) is 27.7 Å². The van der Waals surface area contributed by atoms with E-state index in [2.05, 4.69) is 15.9 Å². The summed E-state index contributed by atoms with van der Waals surface area (Å²) in [6, 6.07) is 3.80. The first kappa shape index (κ1) is 14.6. The van der Waals surface area contributed by atoms with Crippen LogP contribution in [0.4, 0.5) is 0 Å². The van der Waals surface area contributed by atoms with Crippen LogP contribution in [-0.4, -0.2) is 21.5 Å². The molecule has 0 N–H and O–H groups in total. The maximum atomic E-state index is 12.5. The molecule has 102 valence electrons. The molecule has 1 aromatic rings. The van der Waals surface area contributed by atoms with E-state index in [1.54, 1.807) is 0 Å². The van der Waals surface area contributed by atoms with Crippen molar-refractivity contribution in [3.8, 4) is 0 Å². The van der Waals surface area contributed by atoms with Crippen molar-refractivity contribution in [1.29, 1.82) is 0 Å². The quantitative estimate of drug-likeness (QED) is 0.728. The number of hydrogen-bond acceptors (Lipinski definition) is 3. The van der Waals surface area contributed by atoms with Crippen molar-refractivity contribution >= 4 is 38.7 Å². The Bertz CT molecular complexity index is 563. The van der Waals surface area contributed by atoms with Crippen LogP contribution in [0.2, 0.25) is 0 Å². The second-order valence-corrected chi connectivity index (χ2v) is 7.73. The maximum absolute atomic E-state index is 12.5. The number of thioether (sulfide) groups is 1. The lowest BCUT2D eigenvalue weighted by molar-refractivity contribution is -0.109. The number of rotatable bonds is 1. The first-order valence-corrected chi connectivity index (χ1v) is 7.64. The molecule has 1 aliphatic heterocycles. The van der Waals surface area contributed by atoms with Crippen LogP contribution in [0.15, 0.2) is 21.5 Å². The molecule has 0 saturated heterocycles. The fourth-order valence-corrected chi connectivity index (χ4v) is 3.63. The van der Waals surface area contributed by atoms with Crippen molar-refractivity contribution in [2.75, 3.05) is 0 Å². The standard InChI is InChI=1S/C14H16BrNO2S/c1-8(17)19-11-6-10(15)5-9-7-16(14(2,3)4)13(18)12(9)11/h5-6H,7H2,1-4H3. The minimum atomic E-state index is -0.221. The predicted molar refractivity (Wildman–Crippen MR) is 80.3 cm³/mol. The van der Waals surface area contributed by atoms with Gasteiger partial charge in [-0.3, -0.25) is 9.59 Å². The molecule has 0 aromatic heterocycles. The van der Waals surface area contributed by atoms with E-state index >= 15 is 0 Å². The molecule has 0 fully saturated rings. The second kappa shape index (κ2) is 4.94. The molecule has 0 saturated carbocycles. The summed E-state index contributed by atoms with van der Waals surface area (Å²) >= 11 is 4.56. The predicted octanol–water partition coefficient (Wildman–Crippen LogP) is 3.84. The molecule has 1 heterocycles. The largest absolute Gasteiger partial charge is 0.329 e. The van der Waals surface area contributed by atoms with Crippen LogP contribution in [0.5, 0.6) is 0 Å². The van der Waals surface area contributed by atoms with Crippen LogP contribution >= 0.6 is 27.7 Å². The molecule has 3 nitrogen and oxygen atoms in total. The molecule has 0 aliphatic carbocycles. The van der Waals surface area contributed by atoms with E-state index in [0.717, 1.165) is 26.7 Å². The summed E-state index contributed by atoms with van der Waals surface area (Å²) in [5.74, 6) is 0.0127. The molecule has 0 bridgehead atoms. The molecule has 1 aliphatic rings. The Morgan fingerprint density at radius 3 is 2.53 bits per heavy atom. The maximum Gasteiger partial charge on any atom is 0.256 e. The zero-order valence-corrected chi connectivity index (χ0v) is 13.8. The highest BCUT2D eigenvalue weighted by Gasteiger charge is 2.36. The van der Waals surface area contributed by atoms with Crippen molar-refractivity contribution in [2.45, 2.75) is 44.7 Å². The topological polar surface area (TPSA) is 37.4 Å². The molecular formula is C14H16BrNO2S. The van der Waals surface area contributed by atoms with Gasteiger partial charge in [0.15, 0.2) is 5.12 Å². The van der Waals surface area contributed by atoms with Gasteiger partial charge in [0, 0.05) is 28.4 Å². The van der Waals surface area contributed by atoms with Gasteiger partial charge in [-0.25, -0.2) is 0 Å². The zero-order valence-electron chi connectivity index (χ0n) is 11.4. The molecule has 0 atom stereocenters. The SMILES string of the molecule is CC(=O)Sc1cc(Br)cc2c1C(=O)N(C(C)(C)C)C2. The lowest BCUT2D eigenvalue weighted by Gasteiger charge is -2.31. The summed E-state index contributed by atoms with van der Waals surface area (Å²) < 4.78 is 0.901. The number of halogens is 1. The van der Waals surface area contributed by atoms with Crippen LogP contribution in [0.1, 0.15) is 43.6 Å². The molecule has 0 unspecified atom stereocenters. The number of benzene rings is 1. The monoisotopic (exact) mass is 341 g/mol. The van der Waals surface area contributed by atoms with Crippen LogP contribution in [0.3, 0.4) is 0 Å². The molecule has 19 heavy (non-hydrogen) atoms. The van der Waals surface area contributed by atoms with E-state index in [0.29, 0.717) is 12.1 Å². The van der Waals surface area contributed by atoms with Gasteiger partial charge in [0.05, 0.1) is 5.56 Å². The molecule has 0 radical (unpaired) electrons. The van der Waals surface area contributed by atoms with Gasteiger partial charge in [-0.2, -0.15) is 0 Å². The van der Waals surface area contributed by atoms with Crippen LogP contribution in [0, 0.1) is 0 Å². The lowest BCUT2D eigenvalue weighted by atomic mass is 10.1. The van der Waals surface area contributed by atoms with Crippen LogP contribution in [-0.2, 0) is 11.3 Å². The van der Waals surface area contributed by atoms with Crippen molar-refractivity contribution in [1.82, 2.24) is 4.90 Å². The second-order valence-electron chi connectivity index (χ2n) is 5.59. The summed E-state index contributed by atoms with van der Waals surface area (Å²) in [4.78, 5) is 26.5. The van der Waals surface area contributed by atoms with Gasteiger partial charge < -0.3 is 4.90 Å². The number of fused-ring (bicyclic) bond motifs is 1. The van der Waals surface area contributed by atoms with Crippen LogP contribution < -0.4 is 0 Å². The van der Waals surface area contributed by atoms with E-state index in [1.807, 2.05) is 37.8 Å². The first-order chi connectivity index (χ1) is 8.70. The molecule has 2 rings (SSSR count). The smallest absolute Gasteiger partial charge is 0.256 e. The average Bonchev–Trinajstić information content (AvgIpc) is 2.54. The number of nitrogens with zero attached hydrogens (tertiary/aromatic N) is 1. The fraction of sp³-hybridized carbons (Fsp3) is 0.429. The van der Waals surface area contributed by atoms with Gasteiger partial charge in [0.1, 0.15) is 0 Å². The van der Waals surface area contributed by atoms with Gasteiger partial charge >= 0.3 is 0 Å². The van der Waals surface area contributed by atoms with Crippen molar-refractivity contribution in [2.24, 2.45) is 0 Å². The summed E-state index contributed by atoms with van der Waals surface area (Å²) in [5, 5.41) is -0.0118. The Hall–Kier alpha value is -0.810. The Kier molecular flexibility index (Phi) is 3.80. The van der Waals surface area contributed by atoms with E-state index < -0.39 is 0 Å². The number of carbonyl (C=O) groups is 2. The van der Waals surface area contributed by atoms with Gasteiger partial charge in [0.25, 0.3) is 5.91 Å². The van der Waals surface area contributed by atoms with Crippen LogP contribution in [0.25, 0.3) is 0 Å². The Morgan fingerprint density at radius 2 is 2.00 bits per heavy atom. The molecular weight excluding hydrogens is 326 g/mol. The Morgan fingerprint density at radius 1 is 1.37 bits per heavy atom. The first-order valence-electron chi connectivity index (χ1n) is 6.03. The summed E-state index contributed by atoms with van der Waals surface area (Å²) in [5.41, 5.74) is 1.44. The number of amides is 1. The highest BCUT2D eigenvalue weighted by Crippen LogP contribution is 2.37. The third-order valence-corrected chi connectivity index (χ3v) is 4.29. The number of hydrogen-bond donors (Lipinski definition) is 0. The van der Waals surface area contributed by atoms with E-state index in [9.17, 15) is 9.59 Å². The summed E-state index contributed by atoms with van der Waals surface area (Å²) in [7, 11) is 0. The fourth-order valence-electron chi connectivity index (χ4n) is 2.16. The minimum absolute atomic E-state index is 0.0118. The van der Waals surface area contributed by atoms with E-state index in [1.165, 1.54) is 6.92 Å². The Labute approximate surface area is 125 Å². The van der Waals surface area contributed by atoms with Crippen molar-refractivity contribution in [3.63, 3.8) is 0 Å². The molecule has 5 heteroatoms. The highest BCUT2D eigenvalue weighted by atomic mass is 79.9. The van der Waals surface area contributed by atoms with E-state index in [4.69, 9.17) is 0 Å². The molecule has 0 spiro atoms. The third-order valence-electron chi connectivity index (χ3n) is 3.00. The highest BCUT2D eigenvalue weighted by molar-refractivity contribution is 9.10. The van der Waals surface area contributed by atoms with Gasteiger partial charge in [-0.15, -0.1) is 0 Å². The van der Waals surface area contributed by atoms with Crippen molar-refractivity contribution < 1.29 is 9.59 Å². The van der Waals surface area contributed by atoms with E-state index in [-0.39, 0.29) is 16.6 Å². The van der Waals surface area contributed by atoms with Gasteiger partial charge in [-0.1, -0.05) is 27.7 Å². The number of carbonyl (C=O) groups excluding carboxylic acids is 2. The third kappa shape index (κ3) is 2.87. The molecule has 1 aromatic carbocycles. The normalized spacial score (nSPS) is 14.8.